The second-order valence-electron chi connectivity index (χ2n) is 5.02. The summed E-state index contributed by atoms with van der Waals surface area (Å²) in [5, 5.41) is 0. The number of hydrogen-bond acceptors (Lipinski definition) is 3. The lowest BCUT2D eigenvalue weighted by atomic mass is 9.95. The van der Waals surface area contributed by atoms with Gasteiger partial charge in [0, 0.05) is 0 Å². The zero-order chi connectivity index (χ0) is 14.1. The molecule has 19 heavy (non-hydrogen) atoms. The van der Waals surface area contributed by atoms with Gasteiger partial charge in [0.2, 0.25) is 0 Å². The Morgan fingerprint density at radius 2 is 1.68 bits per heavy atom. The minimum Gasteiger partial charge on any atom is -0.427 e. The van der Waals surface area contributed by atoms with Gasteiger partial charge in [-0.1, -0.05) is 58.1 Å². The van der Waals surface area contributed by atoms with E-state index in [0.717, 1.165) is 0 Å². The summed E-state index contributed by atoms with van der Waals surface area (Å²) in [5.41, 5.74) is 1.28. The molecule has 0 aliphatic rings. The third-order valence-corrected chi connectivity index (χ3v) is 3.75. The van der Waals surface area contributed by atoms with Crippen LogP contribution in [0.5, 0.6) is 5.75 Å². The van der Waals surface area contributed by atoms with Crippen molar-refractivity contribution in [1.29, 1.82) is 0 Å². The summed E-state index contributed by atoms with van der Waals surface area (Å²) in [6, 6.07) is 7.60. The molecule has 0 aliphatic carbocycles. The molecule has 1 unspecified atom stereocenters. The van der Waals surface area contributed by atoms with Gasteiger partial charge < -0.3 is 14.3 Å². The fourth-order valence-corrected chi connectivity index (χ4v) is 2.48. The lowest BCUT2D eigenvalue weighted by molar-refractivity contribution is 0.375. The van der Waals surface area contributed by atoms with Crippen LogP contribution in [0.25, 0.3) is 0 Å². The molecule has 4 heteroatoms. The Hall–Kier alpha value is -0.630. The van der Waals surface area contributed by atoms with Crippen LogP contribution < -0.4 is 4.52 Å². The van der Waals surface area contributed by atoms with E-state index in [1.165, 1.54) is 44.1 Å². The summed E-state index contributed by atoms with van der Waals surface area (Å²) in [7, 11) is -2.32. The Labute approximate surface area is 117 Å². The minimum atomic E-state index is -2.32. The van der Waals surface area contributed by atoms with Gasteiger partial charge in [-0.25, -0.2) is 0 Å². The van der Waals surface area contributed by atoms with Crippen molar-refractivity contribution in [3.05, 3.63) is 29.8 Å². The van der Waals surface area contributed by atoms with E-state index in [1.54, 1.807) is 12.1 Å². The first kappa shape index (κ1) is 16.4. The van der Waals surface area contributed by atoms with Gasteiger partial charge in [-0.15, -0.1) is 0 Å². The summed E-state index contributed by atoms with van der Waals surface area (Å²) in [6.45, 7) is 4.47. The van der Waals surface area contributed by atoms with Gasteiger partial charge in [0.25, 0.3) is 0 Å². The highest BCUT2D eigenvalue weighted by Gasteiger charge is 2.07. The van der Waals surface area contributed by atoms with E-state index in [0.29, 0.717) is 11.7 Å². The van der Waals surface area contributed by atoms with E-state index in [2.05, 4.69) is 13.8 Å². The van der Waals surface area contributed by atoms with Crippen molar-refractivity contribution >= 4 is 8.60 Å². The van der Waals surface area contributed by atoms with Crippen LogP contribution in [-0.4, -0.2) is 9.79 Å². The molecule has 0 bridgehead atoms. The first-order valence-electron chi connectivity index (χ1n) is 7.09. The molecule has 1 aromatic rings. The van der Waals surface area contributed by atoms with Crippen molar-refractivity contribution in [2.45, 2.75) is 58.3 Å². The van der Waals surface area contributed by atoms with E-state index in [9.17, 15) is 0 Å². The molecule has 0 saturated heterocycles. The van der Waals surface area contributed by atoms with Crippen LogP contribution in [0.1, 0.15) is 63.9 Å². The molecule has 0 aliphatic heterocycles. The molecule has 0 radical (unpaired) electrons. The molecule has 2 N–H and O–H groups in total. The molecule has 3 nitrogen and oxygen atoms in total. The Balaban J connectivity index is 2.33. The van der Waals surface area contributed by atoms with Gasteiger partial charge in [0.1, 0.15) is 5.75 Å². The summed E-state index contributed by atoms with van der Waals surface area (Å²) in [5.74, 6) is 1.05. The monoisotopic (exact) mass is 284 g/mol. The van der Waals surface area contributed by atoms with Gasteiger partial charge in [-0.05, 0) is 30.0 Å². The maximum Gasteiger partial charge on any atom is 0.391 e. The summed E-state index contributed by atoms with van der Waals surface area (Å²) in [4.78, 5) is 17.5. The number of rotatable bonds is 9. The Morgan fingerprint density at radius 1 is 1.05 bits per heavy atom. The summed E-state index contributed by atoms with van der Waals surface area (Å²) in [6.07, 6.45) is 7.76. The van der Waals surface area contributed by atoms with E-state index in [-0.39, 0.29) is 0 Å². The predicted molar refractivity (Wildman–Crippen MR) is 80.2 cm³/mol. The molecule has 0 amide bonds. The molecule has 108 valence electrons. The standard InChI is InChI=1S/C15H25O3P/c1-3-4-5-6-7-8-13(2)14-9-11-15(12-10-14)18-19(16)17/h9-13,16-17H,3-8H2,1-2H3. The second-order valence-corrected chi connectivity index (χ2v) is 5.71. The highest BCUT2D eigenvalue weighted by atomic mass is 31.2. The highest BCUT2D eigenvalue weighted by Crippen LogP contribution is 2.30. The average Bonchev–Trinajstić information content (AvgIpc) is 2.38. The van der Waals surface area contributed by atoms with Crippen molar-refractivity contribution in [3.63, 3.8) is 0 Å². The SMILES string of the molecule is CCCCCCCC(C)c1ccc(OP(O)O)cc1. The fourth-order valence-electron chi connectivity index (χ4n) is 2.17. The second kappa shape index (κ2) is 9.30. The fraction of sp³-hybridized carbons (Fsp3) is 0.600. The van der Waals surface area contributed by atoms with Crippen molar-refractivity contribution in [1.82, 2.24) is 0 Å². The van der Waals surface area contributed by atoms with E-state index >= 15 is 0 Å². The van der Waals surface area contributed by atoms with Crippen LogP contribution in [0.15, 0.2) is 24.3 Å². The average molecular weight is 284 g/mol. The van der Waals surface area contributed by atoms with Crippen molar-refractivity contribution < 1.29 is 14.3 Å². The first-order chi connectivity index (χ1) is 9.13. The minimum absolute atomic E-state index is 0.509. The van der Waals surface area contributed by atoms with Crippen LogP contribution in [0.2, 0.25) is 0 Å². The van der Waals surface area contributed by atoms with Crippen molar-refractivity contribution in [2.24, 2.45) is 0 Å². The maximum atomic E-state index is 8.77. The lowest BCUT2D eigenvalue weighted by Crippen LogP contribution is -1.94. The summed E-state index contributed by atoms with van der Waals surface area (Å²) < 4.78 is 4.85. The zero-order valence-corrected chi connectivity index (χ0v) is 12.8. The quantitative estimate of drug-likeness (QED) is 0.508. The van der Waals surface area contributed by atoms with Crippen molar-refractivity contribution in [2.75, 3.05) is 0 Å². The highest BCUT2D eigenvalue weighted by molar-refractivity contribution is 7.39. The molecule has 0 saturated carbocycles. The topological polar surface area (TPSA) is 49.7 Å². The van der Waals surface area contributed by atoms with Crippen LogP contribution >= 0.6 is 8.60 Å². The Morgan fingerprint density at radius 3 is 2.26 bits per heavy atom. The maximum absolute atomic E-state index is 8.77. The molecule has 0 spiro atoms. The third-order valence-electron chi connectivity index (χ3n) is 3.38. The van der Waals surface area contributed by atoms with Crippen LogP contribution in [0.4, 0.5) is 0 Å². The number of hydrogen-bond donors (Lipinski definition) is 2. The molecule has 0 aromatic heterocycles. The Bertz CT molecular complexity index is 338. The van der Waals surface area contributed by atoms with Crippen LogP contribution in [0.3, 0.4) is 0 Å². The van der Waals surface area contributed by atoms with Gasteiger partial charge in [-0.3, -0.25) is 0 Å². The van der Waals surface area contributed by atoms with Gasteiger partial charge in [-0.2, -0.15) is 0 Å². The van der Waals surface area contributed by atoms with E-state index in [4.69, 9.17) is 14.3 Å². The lowest BCUT2D eigenvalue weighted by Gasteiger charge is -2.13. The largest absolute Gasteiger partial charge is 0.427 e. The van der Waals surface area contributed by atoms with Gasteiger partial charge in [0.15, 0.2) is 0 Å². The number of unbranched alkanes of at least 4 members (excludes halogenated alkanes) is 4. The first-order valence-corrected chi connectivity index (χ1v) is 8.25. The number of benzene rings is 1. The van der Waals surface area contributed by atoms with Crippen LogP contribution in [-0.2, 0) is 0 Å². The van der Waals surface area contributed by atoms with E-state index in [1.807, 2.05) is 12.1 Å². The van der Waals surface area contributed by atoms with E-state index < -0.39 is 8.60 Å². The zero-order valence-electron chi connectivity index (χ0n) is 11.9. The van der Waals surface area contributed by atoms with Gasteiger partial charge in [0.05, 0.1) is 0 Å². The molecular weight excluding hydrogens is 259 g/mol. The van der Waals surface area contributed by atoms with Crippen molar-refractivity contribution in [3.8, 4) is 5.75 Å². The van der Waals surface area contributed by atoms with Gasteiger partial charge >= 0.3 is 8.60 Å². The molecule has 1 aromatic carbocycles. The molecule has 0 heterocycles. The normalized spacial score (nSPS) is 12.7. The predicted octanol–water partition coefficient (Wildman–Crippen LogP) is 4.74. The molecule has 1 atom stereocenters. The third kappa shape index (κ3) is 6.91. The van der Waals surface area contributed by atoms with Crippen LogP contribution in [0, 0.1) is 0 Å². The smallest absolute Gasteiger partial charge is 0.391 e. The molecular formula is C15H25O3P. The Kier molecular flexibility index (Phi) is 8.04. The molecule has 0 fully saturated rings. The summed E-state index contributed by atoms with van der Waals surface area (Å²) >= 11 is 0. The molecule has 1 rings (SSSR count).